The van der Waals surface area contributed by atoms with Gasteiger partial charge in [-0.05, 0) is 24.6 Å². The van der Waals surface area contributed by atoms with E-state index in [2.05, 4.69) is 10.6 Å². The van der Waals surface area contributed by atoms with Crippen molar-refractivity contribution in [1.82, 2.24) is 5.32 Å². The number of nitrogens with two attached hydrogens (primary N) is 1. The number of hydrogen-bond donors (Lipinski definition) is 3. The highest BCUT2D eigenvalue weighted by molar-refractivity contribution is 7.89. The van der Waals surface area contributed by atoms with Crippen LogP contribution in [0.2, 0.25) is 0 Å². The molecule has 1 aromatic rings. The molecule has 0 radical (unpaired) electrons. The fraction of sp³-hybridized carbons (Fsp3) is 0.417. The van der Waals surface area contributed by atoms with Crippen LogP contribution < -0.4 is 15.8 Å². The molecule has 112 valence electrons. The number of ether oxygens (including phenoxy) is 1. The van der Waals surface area contributed by atoms with Crippen LogP contribution in [-0.2, 0) is 19.6 Å². The van der Waals surface area contributed by atoms with Crippen LogP contribution in [0.5, 0.6) is 0 Å². The molecule has 0 aliphatic heterocycles. The van der Waals surface area contributed by atoms with E-state index in [4.69, 9.17) is 9.88 Å². The normalized spacial score (nSPS) is 11.3. The Morgan fingerprint density at radius 3 is 2.70 bits per heavy atom. The Hall–Kier alpha value is -1.48. The monoisotopic (exact) mass is 301 g/mol. The molecule has 0 heterocycles. The SMILES string of the molecule is COCCNCC(=O)Nc1ccc(C)c(S(N)(=O)=O)c1. The third-order valence-electron chi connectivity index (χ3n) is 2.55. The number of carbonyl (C=O) groups is 1. The molecule has 1 rings (SSSR count). The van der Waals surface area contributed by atoms with E-state index in [1.807, 2.05) is 0 Å². The fourth-order valence-corrected chi connectivity index (χ4v) is 2.37. The van der Waals surface area contributed by atoms with Crippen LogP contribution in [0.25, 0.3) is 0 Å². The fourth-order valence-electron chi connectivity index (χ4n) is 1.57. The molecule has 0 saturated heterocycles. The van der Waals surface area contributed by atoms with E-state index < -0.39 is 10.0 Å². The van der Waals surface area contributed by atoms with E-state index in [-0.39, 0.29) is 17.3 Å². The summed E-state index contributed by atoms with van der Waals surface area (Å²) < 4.78 is 27.6. The van der Waals surface area contributed by atoms with Gasteiger partial charge in [0.25, 0.3) is 0 Å². The van der Waals surface area contributed by atoms with Crippen molar-refractivity contribution in [2.75, 3.05) is 32.1 Å². The maximum atomic E-state index is 11.6. The van der Waals surface area contributed by atoms with Gasteiger partial charge < -0.3 is 15.4 Å². The highest BCUT2D eigenvalue weighted by Gasteiger charge is 2.12. The van der Waals surface area contributed by atoms with Crippen molar-refractivity contribution in [3.8, 4) is 0 Å². The molecule has 1 aromatic carbocycles. The Morgan fingerprint density at radius 1 is 1.40 bits per heavy atom. The van der Waals surface area contributed by atoms with Crippen LogP contribution in [0.15, 0.2) is 23.1 Å². The minimum Gasteiger partial charge on any atom is -0.383 e. The molecule has 4 N–H and O–H groups in total. The minimum atomic E-state index is -3.80. The van der Waals surface area contributed by atoms with Gasteiger partial charge in [0.15, 0.2) is 0 Å². The van der Waals surface area contributed by atoms with Gasteiger partial charge in [-0.2, -0.15) is 0 Å². The number of methoxy groups -OCH3 is 1. The summed E-state index contributed by atoms with van der Waals surface area (Å²) >= 11 is 0. The van der Waals surface area contributed by atoms with Gasteiger partial charge in [0.1, 0.15) is 0 Å². The molecule has 8 heteroatoms. The first kappa shape index (κ1) is 16.6. The number of aryl methyl sites for hydroxylation is 1. The first-order valence-electron chi connectivity index (χ1n) is 5.97. The van der Waals surface area contributed by atoms with Crippen molar-refractivity contribution in [2.45, 2.75) is 11.8 Å². The van der Waals surface area contributed by atoms with E-state index in [9.17, 15) is 13.2 Å². The first-order chi connectivity index (χ1) is 9.34. The zero-order chi connectivity index (χ0) is 15.2. The van der Waals surface area contributed by atoms with Crippen molar-refractivity contribution in [1.29, 1.82) is 0 Å². The highest BCUT2D eigenvalue weighted by Crippen LogP contribution is 2.18. The standard InChI is InChI=1S/C12H19N3O4S/c1-9-3-4-10(7-11(9)20(13,17)18)15-12(16)8-14-5-6-19-2/h3-4,7,14H,5-6,8H2,1-2H3,(H,15,16)(H2,13,17,18). The van der Waals surface area contributed by atoms with Crippen molar-refractivity contribution >= 4 is 21.6 Å². The van der Waals surface area contributed by atoms with Gasteiger partial charge in [-0.1, -0.05) is 6.07 Å². The van der Waals surface area contributed by atoms with E-state index in [0.717, 1.165) is 0 Å². The Morgan fingerprint density at radius 2 is 2.10 bits per heavy atom. The zero-order valence-corrected chi connectivity index (χ0v) is 12.3. The van der Waals surface area contributed by atoms with Gasteiger partial charge in [0.2, 0.25) is 15.9 Å². The Kier molecular flexibility index (Phi) is 6.08. The maximum absolute atomic E-state index is 11.6. The number of benzene rings is 1. The third kappa shape index (κ3) is 5.25. The smallest absolute Gasteiger partial charge is 0.238 e. The summed E-state index contributed by atoms with van der Waals surface area (Å²) in [6, 6.07) is 4.56. The third-order valence-corrected chi connectivity index (χ3v) is 3.60. The number of primary sulfonamides is 1. The van der Waals surface area contributed by atoms with Crippen LogP contribution in [0.1, 0.15) is 5.56 Å². The molecule has 0 unspecified atom stereocenters. The van der Waals surface area contributed by atoms with Gasteiger partial charge in [-0.15, -0.1) is 0 Å². The van der Waals surface area contributed by atoms with E-state index >= 15 is 0 Å². The number of rotatable bonds is 7. The van der Waals surface area contributed by atoms with Gasteiger partial charge in [0.05, 0.1) is 18.0 Å². The van der Waals surface area contributed by atoms with Gasteiger partial charge >= 0.3 is 0 Å². The van der Waals surface area contributed by atoms with Crippen LogP contribution in [0.3, 0.4) is 0 Å². The maximum Gasteiger partial charge on any atom is 0.238 e. The van der Waals surface area contributed by atoms with Crippen molar-refractivity contribution in [3.63, 3.8) is 0 Å². The Bertz CT molecular complexity index is 572. The van der Waals surface area contributed by atoms with Crippen molar-refractivity contribution in [3.05, 3.63) is 23.8 Å². The molecule has 1 amide bonds. The molecule has 0 saturated carbocycles. The average molecular weight is 301 g/mol. The second-order valence-electron chi connectivity index (χ2n) is 4.24. The van der Waals surface area contributed by atoms with Gasteiger partial charge in [0, 0.05) is 19.3 Å². The summed E-state index contributed by atoms with van der Waals surface area (Å²) in [6.45, 7) is 2.81. The van der Waals surface area contributed by atoms with Crippen LogP contribution in [0.4, 0.5) is 5.69 Å². The number of carbonyl (C=O) groups excluding carboxylic acids is 1. The number of sulfonamides is 1. The number of amides is 1. The predicted molar refractivity (Wildman–Crippen MR) is 75.9 cm³/mol. The lowest BCUT2D eigenvalue weighted by Crippen LogP contribution is -2.30. The lowest BCUT2D eigenvalue weighted by molar-refractivity contribution is -0.115. The minimum absolute atomic E-state index is 0.00245. The molecule has 0 atom stereocenters. The second kappa shape index (κ2) is 7.34. The molecule has 0 aliphatic rings. The van der Waals surface area contributed by atoms with Crippen LogP contribution in [0, 0.1) is 6.92 Å². The summed E-state index contributed by atoms with van der Waals surface area (Å²) in [4.78, 5) is 11.6. The van der Waals surface area contributed by atoms with Gasteiger partial charge in [-0.25, -0.2) is 13.6 Å². The Labute approximate surface area is 118 Å². The van der Waals surface area contributed by atoms with Crippen molar-refractivity contribution in [2.24, 2.45) is 5.14 Å². The predicted octanol–water partition coefficient (Wildman–Crippen LogP) is -0.183. The number of nitrogens with one attached hydrogen (secondary N) is 2. The lowest BCUT2D eigenvalue weighted by Gasteiger charge is -2.09. The molecule has 0 aromatic heterocycles. The second-order valence-corrected chi connectivity index (χ2v) is 5.77. The van der Waals surface area contributed by atoms with E-state index in [1.54, 1.807) is 26.2 Å². The topological polar surface area (TPSA) is 111 Å². The van der Waals surface area contributed by atoms with E-state index in [1.165, 1.54) is 6.07 Å². The van der Waals surface area contributed by atoms with Crippen molar-refractivity contribution < 1.29 is 17.9 Å². The van der Waals surface area contributed by atoms with E-state index in [0.29, 0.717) is 24.4 Å². The average Bonchev–Trinajstić information content (AvgIpc) is 2.36. The molecule has 0 fully saturated rings. The molecule has 0 aliphatic carbocycles. The quantitative estimate of drug-likeness (QED) is 0.605. The molecule has 0 spiro atoms. The summed E-state index contributed by atoms with van der Waals surface area (Å²) in [5.74, 6) is -0.273. The zero-order valence-electron chi connectivity index (χ0n) is 11.5. The highest BCUT2D eigenvalue weighted by atomic mass is 32.2. The molecular weight excluding hydrogens is 282 g/mol. The Balaban J connectivity index is 2.67. The molecular formula is C12H19N3O4S. The lowest BCUT2D eigenvalue weighted by atomic mass is 10.2. The molecule has 7 nitrogen and oxygen atoms in total. The summed E-state index contributed by atoms with van der Waals surface area (Å²) in [5, 5.41) is 10.6. The number of hydrogen-bond acceptors (Lipinski definition) is 5. The summed E-state index contributed by atoms with van der Waals surface area (Å²) in [5.41, 5.74) is 0.918. The molecule has 0 bridgehead atoms. The largest absolute Gasteiger partial charge is 0.383 e. The van der Waals surface area contributed by atoms with Crippen LogP contribution >= 0.6 is 0 Å². The molecule has 20 heavy (non-hydrogen) atoms. The number of anilines is 1. The first-order valence-corrected chi connectivity index (χ1v) is 7.52. The summed E-state index contributed by atoms with van der Waals surface area (Å²) in [6.07, 6.45) is 0. The summed E-state index contributed by atoms with van der Waals surface area (Å²) in [7, 11) is -2.23. The van der Waals surface area contributed by atoms with Gasteiger partial charge in [-0.3, -0.25) is 4.79 Å². The van der Waals surface area contributed by atoms with Crippen LogP contribution in [-0.4, -0.2) is 41.1 Å².